The van der Waals surface area contributed by atoms with Crippen molar-refractivity contribution < 1.29 is 14.3 Å². The monoisotopic (exact) mass is 404 g/mol. The normalized spacial score (nSPS) is 11.9. The van der Waals surface area contributed by atoms with E-state index in [1.807, 2.05) is 50.5 Å². The highest BCUT2D eigenvalue weighted by atomic mass is 32.2. The van der Waals surface area contributed by atoms with Gasteiger partial charge in [0.1, 0.15) is 0 Å². The van der Waals surface area contributed by atoms with Gasteiger partial charge in [0, 0.05) is 25.0 Å². The van der Waals surface area contributed by atoms with Gasteiger partial charge in [-0.3, -0.25) is 10.1 Å². The third kappa shape index (κ3) is 5.59. The fraction of sp³-hybridized carbons (Fsp3) is 0.450. The Hall–Kier alpha value is -2.32. The number of anilines is 1. The minimum atomic E-state index is -0.542. The molecule has 28 heavy (non-hydrogen) atoms. The Labute approximate surface area is 170 Å². The van der Waals surface area contributed by atoms with Gasteiger partial charge in [-0.05, 0) is 46.2 Å². The Bertz CT molecular complexity index is 863. The number of nitrogens with zero attached hydrogens (tertiary/aromatic N) is 2. The molecule has 2 aromatic rings. The number of ether oxygens (including phenoxy) is 1. The molecule has 0 saturated carbocycles. The molecule has 1 aromatic carbocycles. The number of rotatable bonds is 7. The standard InChI is InChI=1S/C20H28N4O3S/c1-12-7-8-17(13(2)11-12)22-19(26)23-18(25)16(5)28-20-21-14(3)15(4)24(20)9-10-27-6/h7-8,11,16H,9-10H2,1-6H3,(H2,22,23,25,26). The van der Waals surface area contributed by atoms with Crippen molar-refractivity contribution in [1.29, 1.82) is 0 Å². The van der Waals surface area contributed by atoms with Crippen LogP contribution in [-0.4, -0.2) is 40.5 Å². The minimum Gasteiger partial charge on any atom is -0.383 e. The number of imidazole rings is 1. The van der Waals surface area contributed by atoms with E-state index in [-0.39, 0.29) is 5.91 Å². The van der Waals surface area contributed by atoms with E-state index in [1.54, 1.807) is 14.0 Å². The molecule has 1 aromatic heterocycles. The van der Waals surface area contributed by atoms with Gasteiger partial charge in [0.05, 0.1) is 17.6 Å². The van der Waals surface area contributed by atoms with Crippen LogP contribution >= 0.6 is 11.8 Å². The first-order valence-corrected chi connectivity index (χ1v) is 9.99. The van der Waals surface area contributed by atoms with Crippen LogP contribution < -0.4 is 10.6 Å². The Balaban J connectivity index is 1.99. The minimum absolute atomic E-state index is 0.371. The molecule has 2 rings (SSSR count). The van der Waals surface area contributed by atoms with Gasteiger partial charge in [-0.15, -0.1) is 0 Å². The predicted molar refractivity (Wildman–Crippen MR) is 112 cm³/mol. The summed E-state index contributed by atoms with van der Waals surface area (Å²) in [4.78, 5) is 29.2. The Morgan fingerprint density at radius 2 is 1.96 bits per heavy atom. The third-order valence-electron chi connectivity index (χ3n) is 4.46. The highest BCUT2D eigenvalue weighted by molar-refractivity contribution is 8.00. The fourth-order valence-corrected chi connectivity index (χ4v) is 3.72. The number of aryl methyl sites for hydroxylation is 3. The van der Waals surface area contributed by atoms with Crippen molar-refractivity contribution in [2.75, 3.05) is 19.0 Å². The second kappa shape index (κ2) is 9.75. The molecule has 0 spiro atoms. The van der Waals surface area contributed by atoms with Gasteiger partial charge in [-0.1, -0.05) is 29.5 Å². The maximum Gasteiger partial charge on any atom is 0.325 e. The van der Waals surface area contributed by atoms with E-state index in [2.05, 4.69) is 15.6 Å². The number of methoxy groups -OCH3 is 1. The summed E-state index contributed by atoms with van der Waals surface area (Å²) < 4.78 is 7.18. The number of amides is 3. The van der Waals surface area contributed by atoms with Crippen LogP contribution in [0.2, 0.25) is 0 Å². The van der Waals surface area contributed by atoms with E-state index in [4.69, 9.17) is 4.74 Å². The molecule has 0 aliphatic heterocycles. The lowest BCUT2D eigenvalue weighted by Crippen LogP contribution is -2.39. The van der Waals surface area contributed by atoms with E-state index in [1.165, 1.54) is 11.8 Å². The SMILES string of the molecule is COCCn1c(SC(C)C(=O)NC(=O)Nc2ccc(C)cc2C)nc(C)c1C. The first kappa shape index (κ1) is 22.0. The van der Waals surface area contributed by atoms with Crippen LogP contribution in [0.5, 0.6) is 0 Å². The second-order valence-electron chi connectivity index (χ2n) is 6.73. The quantitative estimate of drug-likeness (QED) is 0.689. The van der Waals surface area contributed by atoms with Gasteiger partial charge >= 0.3 is 6.03 Å². The lowest BCUT2D eigenvalue weighted by molar-refractivity contribution is -0.119. The third-order valence-corrected chi connectivity index (χ3v) is 5.55. The van der Waals surface area contributed by atoms with E-state index < -0.39 is 11.3 Å². The van der Waals surface area contributed by atoms with Gasteiger partial charge in [-0.2, -0.15) is 0 Å². The van der Waals surface area contributed by atoms with Crippen LogP contribution in [0.3, 0.4) is 0 Å². The Morgan fingerprint density at radius 3 is 2.61 bits per heavy atom. The summed E-state index contributed by atoms with van der Waals surface area (Å²) >= 11 is 1.32. The van der Waals surface area contributed by atoms with Crippen LogP contribution in [0, 0.1) is 27.7 Å². The molecule has 0 radical (unpaired) electrons. The van der Waals surface area contributed by atoms with E-state index in [9.17, 15) is 9.59 Å². The average Bonchev–Trinajstić information content (AvgIpc) is 2.89. The smallest absolute Gasteiger partial charge is 0.325 e. The topological polar surface area (TPSA) is 85.2 Å². The van der Waals surface area contributed by atoms with Crippen molar-refractivity contribution in [2.24, 2.45) is 0 Å². The molecule has 152 valence electrons. The molecule has 8 heteroatoms. The molecule has 2 N–H and O–H groups in total. The second-order valence-corrected chi connectivity index (χ2v) is 8.04. The number of carbonyl (C=O) groups excluding carboxylic acids is 2. The van der Waals surface area contributed by atoms with Gasteiger partial charge < -0.3 is 14.6 Å². The summed E-state index contributed by atoms with van der Waals surface area (Å²) in [5.41, 5.74) is 4.69. The number of thioether (sulfide) groups is 1. The van der Waals surface area contributed by atoms with Crippen LogP contribution in [0.4, 0.5) is 10.5 Å². The number of benzene rings is 1. The highest BCUT2D eigenvalue weighted by Crippen LogP contribution is 2.25. The van der Waals surface area contributed by atoms with Gasteiger partial charge in [-0.25, -0.2) is 9.78 Å². The van der Waals surface area contributed by atoms with Crippen molar-refractivity contribution in [3.63, 3.8) is 0 Å². The fourth-order valence-electron chi connectivity index (χ4n) is 2.69. The summed E-state index contributed by atoms with van der Waals surface area (Å²) in [7, 11) is 1.65. The number of urea groups is 1. The van der Waals surface area contributed by atoms with E-state index >= 15 is 0 Å². The molecule has 0 saturated heterocycles. The summed E-state index contributed by atoms with van der Waals surface area (Å²) in [5, 5.41) is 5.39. The van der Waals surface area contributed by atoms with Crippen molar-refractivity contribution in [3.8, 4) is 0 Å². The van der Waals surface area contributed by atoms with E-state index in [0.29, 0.717) is 18.8 Å². The number of hydrogen-bond donors (Lipinski definition) is 2. The van der Waals surface area contributed by atoms with Crippen LogP contribution in [-0.2, 0) is 16.1 Å². The summed E-state index contributed by atoms with van der Waals surface area (Å²) in [6.45, 7) is 10.8. The maximum atomic E-state index is 12.4. The number of carbonyl (C=O) groups is 2. The first-order valence-electron chi connectivity index (χ1n) is 9.11. The molecule has 3 amide bonds. The zero-order valence-corrected chi connectivity index (χ0v) is 18.1. The lowest BCUT2D eigenvalue weighted by atomic mass is 10.1. The largest absolute Gasteiger partial charge is 0.383 e. The van der Waals surface area contributed by atoms with Crippen LogP contribution in [0.25, 0.3) is 0 Å². The predicted octanol–water partition coefficient (Wildman–Crippen LogP) is 3.59. The summed E-state index contributed by atoms with van der Waals surface area (Å²) in [6.07, 6.45) is 0. The summed E-state index contributed by atoms with van der Waals surface area (Å²) in [5.74, 6) is -0.371. The number of aromatic nitrogens is 2. The molecular formula is C20H28N4O3S. The van der Waals surface area contributed by atoms with Crippen molar-refractivity contribution in [1.82, 2.24) is 14.9 Å². The number of hydrogen-bond acceptors (Lipinski definition) is 5. The molecule has 1 atom stereocenters. The lowest BCUT2D eigenvalue weighted by Gasteiger charge is -2.14. The summed E-state index contributed by atoms with van der Waals surface area (Å²) in [6, 6.07) is 5.17. The van der Waals surface area contributed by atoms with Crippen LogP contribution in [0.15, 0.2) is 23.4 Å². The molecule has 0 aliphatic rings. The zero-order chi connectivity index (χ0) is 20.8. The van der Waals surface area contributed by atoms with Gasteiger partial charge in [0.25, 0.3) is 0 Å². The van der Waals surface area contributed by atoms with E-state index in [0.717, 1.165) is 27.7 Å². The molecule has 0 aliphatic carbocycles. The maximum absolute atomic E-state index is 12.4. The molecule has 0 fully saturated rings. The number of imide groups is 1. The Morgan fingerprint density at radius 1 is 1.25 bits per heavy atom. The van der Waals surface area contributed by atoms with Gasteiger partial charge in [0.2, 0.25) is 5.91 Å². The van der Waals surface area contributed by atoms with Gasteiger partial charge in [0.15, 0.2) is 5.16 Å². The van der Waals surface area contributed by atoms with Crippen LogP contribution in [0.1, 0.15) is 29.4 Å². The Kier molecular flexibility index (Phi) is 7.65. The molecule has 1 heterocycles. The molecule has 1 unspecified atom stereocenters. The van der Waals surface area contributed by atoms with Crippen molar-refractivity contribution >= 4 is 29.4 Å². The van der Waals surface area contributed by atoms with Crippen molar-refractivity contribution in [3.05, 3.63) is 40.7 Å². The van der Waals surface area contributed by atoms with Crippen molar-refractivity contribution in [2.45, 2.75) is 51.6 Å². The average molecular weight is 405 g/mol. The molecule has 0 bridgehead atoms. The molecule has 7 nitrogen and oxygen atoms in total. The highest BCUT2D eigenvalue weighted by Gasteiger charge is 2.21. The molecular weight excluding hydrogens is 376 g/mol. The first-order chi connectivity index (χ1) is 13.2. The number of nitrogens with one attached hydrogen (secondary N) is 2. The zero-order valence-electron chi connectivity index (χ0n) is 17.3.